The molecule has 0 saturated heterocycles. The number of aromatic nitrogens is 3. The third-order valence-corrected chi connectivity index (χ3v) is 5.43. The Morgan fingerprint density at radius 1 is 1.11 bits per heavy atom. The average Bonchev–Trinajstić information content (AvgIpc) is 2.84. The lowest BCUT2D eigenvalue weighted by molar-refractivity contribution is 0.0523. The van der Waals surface area contributed by atoms with Gasteiger partial charge in [-0.3, -0.25) is 14.0 Å². The molecular weight excluding hydrogens is 455 g/mol. The van der Waals surface area contributed by atoms with E-state index in [2.05, 4.69) is 9.98 Å². The van der Waals surface area contributed by atoms with Gasteiger partial charge in [-0.2, -0.15) is 4.99 Å². The Kier molecular flexibility index (Phi) is 6.83. The predicted molar refractivity (Wildman–Crippen MR) is 126 cm³/mol. The highest BCUT2D eigenvalue weighted by atomic mass is 19.1. The first-order chi connectivity index (χ1) is 16.9. The van der Waals surface area contributed by atoms with Crippen LogP contribution in [-0.2, 0) is 16.0 Å². The topological polar surface area (TPSA) is 104 Å². The van der Waals surface area contributed by atoms with Crippen molar-refractivity contribution in [2.75, 3.05) is 20.3 Å². The lowest BCUT2D eigenvalue weighted by Crippen LogP contribution is -2.33. The van der Waals surface area contributed by atoms with Crippen molar-refractivity contribution in [3.63, 3.8) is 0 Å². The van der Waals surface area contributed by atoms with E-state index in [0.717, 1.165) is 11.6 Å². The molecule has 180 valence electrons. The van der Waals surface area contributed by atoms with Gasteiger partial charge in [-0.15, -0.1) is 0 Å². The number of aryl methyl sites for hydroxylation is 1. The molecule has 0 saturated carbocycles. The Balaban J connectivity index is 2.15. The van der Waals surface area contributed by atoms with E-state index in [-0.39, 0.29) is 47.4 Å². The Morgan fingerprint density at radius 3 is 2.60 bits per heavy atom. The van der Waals surface area contributed by atoms with Gasteiger partial charge in [0.1, 0.15) is 22.7 Å². The number of benzene rings is 1. The number of nitrogens with zero attached hydrogens (tertiary/aromatic N) is 4. The minimum atomic E-state index is -0.896. The summed E-state index contributed by atoms with van der Waals surface area (Å²) >= 11 is 0. The predicted octanol–water partition coefficient (Wildman–Crippen LogP) is 2.66. The number of hydrogen-bond donors (Lipinski definition) is 0. The molecule has 0 unspecified atom stereocenters. The molecule has 0 radical (unpaired) electrons. The summed E-state index contributed by atoms with van der Waals surface area (Å²) in [7, 11) is 1.49. The lowest BCUT2D eigenvalue weighted by Gasteiger charge is -2.15. The molecule has 4 rings (SSSR count). The first-order valence-electron chi connectivity index (χ1n) is 10.9. The van der Waals surface area contributed by atoms with Crippen molar-refractivity contribution in [1.82, 2.24) is 14.0 Å². The number of carbonyl (C=O) groups is 2. The largest absolute Gasteiger partial charge is 0.462 e. The van der Waals surface area contributed by atoms with Crippen molar-refractivity contribution in [2.24, 2.45) is 4.99 Å². The zero-order valence-electron chi connectivity index (χ0n) is 19.4. The molecule has 0 aliphatic carbocycles. The first-order valence-corrected chi connectivity index (χ1v) is 10.9. The smallest absolute Gasteiger partial charge is 0.341 e. The number of ether oxygens (including phenoxy) is 2. The molecule has 35 heavy (non-hydrogen) atoms. The first kappa shape index (κ1) is 24.0. The second-order valence-electron chi connectivity index (χ2n) is 7.68. The molecular formula is C25H23FN4O5. The molecule has 0 aliphatic rings. The number of methoxy groups -OCH3 is 1. The van der Waals surface area contributed by atoms with Gasteiger partial charge in [-0.25, -0.2) is 14.2 Å². The SMILES string of the molecule is CCOC(=O)c1cc2c(=O)n3cccc(C)c3nc2n(CCOC)c1=NC(=O)c1ccccc1F. The van der Waals surface area contributed by atoms with Crippen LogP contribution in [0.25, 0.3) is 16.7 Å². The van der Waals surface area contributed by atoms with E-state index in [9.17, 15) is 18.8 Å². The Hall–Kier alpha value is -4.18. The summed E-state index contributed by atoms with van der Waals surface area (Å²) in [6, 6.07) is 10.3. The summed E-state index contributed by atoms with van der Waals surface area (Å²) in [6.07, 6.45) is 1.58. The van der Waals surface area contributed by atoms with Crippen LogP contribution in [-0.4, -0.2) is 46.2 Å². The van der Waals surface area contributed by atoms with Gasteiger partial charge in [0.25, 0.3) is 11.5 Å². The van der Waals surface area contributed by atoms with Crippen molar-refractivity contribution in [3.05, 3.63) is 87.0 Å². The second kappa shape index (κ2) is 9.98. The van der Waals surface area contributed by atoms with Crippen molar-refractivity contribution in [1.29, 1.82) is 0 Å². The second-order valence-corrected chi connectivity index (χ2v) is 7.68. The number of rotatable bonds is 6. The van der Waals surface area contributed by atoms with Gasteiger partial charge in [-0.05, 0) is 43.7 Å². The fourth-order valence-electron chi connectivity index (χ4n) is 3.75. The van der Waals surface area contributed by atoms with Crippen molar-refractivity contribution < 1.29 is 23.5 Å². The van der Waals surface area contributed by atoms with Gasteiger partial charge in [0.2, 0.25) is 0 Å². The molecule has 4 aromatic rings. The molecule has 1 aromatic carbocycles. The Morgan fingerprint density at radius 2 is 1.89 bits per heavy atom. The monoisotopic (exact) mass is 478 g/mol. The van der Waals surface area contributed by atoms with Gasteiger partial charge >= 0.3 is 5.97 Å². The fourth-order valence-corrected chi connectivity index (χ4v) is 3.75. The van der Waals surface area contributed by atoms with Crippen LogP contribution >= 0.6 is 0 Å². The molecule has 0 aliphatic heterocycles. The molecule has 3 heterocycles. The van der Waals surface area contributed by atoms with Gasteiger partial charge in [0.15, 0.2) is 5.49 Å². The van der Waals surface area contributed by atoms with Crippen molar-refractivity contribution >= 4 is 28.6 Å². The minimum Gasteiger partial charge on any atom is -0.462 e. The number of carbonyl (C=O) groups excluding carboxylic acids is 2. The average molecular weight is 478 g/mol. The minimum absolute atomic E-state index is 0.0593. The molecule has 10 heteroatoms. The normalized spacial score (nSPS) is 11.8. The fraction of sp³-hybridized carbons (Fsp3) is 0.240. The number of pyridine rings is 2. The lowest BCUT2D eigenvalue weighted by atomic mass is 10.2. The Labute approximate surface area is 199 Å². The molecule has 0 bridgehead atoms. The van der Waals surface area contributed by atoms with Crippen molar-refractivity contribution in [3.8, 4) is 0 Å². The number of halogens is 1. The highest BCUT2D eigenvalue weighted by Gasteiger charge is 2.21. The molecule has 0 spiro atoms. The van der Waals surface area contributed by atoms with Crippen LogP contribution in [0, 0.1) is 12.7 Å². The maximum Gasteiger partial charge on any atom is 0.341 e. The summed E-state index contributed by atoms with van der Waals surface area (Å²) in [4.78, 5) is 48.0. The molecule has 0 N–H and O–H groups in total. The van der Waals surface area contributed by atoms with E-state index in [1.807, 2.05) is 13.0 Å². The molecule has 0 fully saturated rings. The summed E-state index contributed by atoms with van der Waals surface area (Å²) in [6.45, 7) is 3.78. The molecule has 1 amide bonds. The van der Waals surface area contributed by atoms with Gasteiger partial charge in [0.05, 0.1) is 24.2 Å². The standard InChI is InChI=1S/C25H23FN4O5/c1-4-35-25(33)18-14-17-21(27-20-15(2)8-7-11-30(20)24(17)32)29(12-13-34-3)22(18)28-23(31)16-9-5-6-10-19(16)26/h5-11,14H,4,12-13H2,1-3H3. The van der Waals surface area contributed by atoms with Crippen LogP contribution in [0.5, 0.6) is 0 Å². The van der Waals surface area contributed by atoms with E-state index in [1.54, 1.807) is 19.2 Å². The molecule has 0 atom stereocenters. The van der Waals surface area contributed by atoms with Crippen LogP contribution < -0.4 is 11.0 Å². The quantitative estimate of drug-likeness (QED) is 0.312. The zero-order valence-corrected chi connectivity index (χ0v) is 19.4. The molecule has 3 aromatic heterocycles. The number of hydrogen-bond acceptors (Lipinski definition) is 6. The van der Waals surface area contributed by atoms with Gasteiger partial charge < -0.3 is 14.0 Å². The van der Waals surface area contributed by atoms with Crippen LogP contribution in [0.3, 0.4) is 0 Å². The summed E-state index contributed by atoms with van der Waals surface area (Å²) in [5, 5.41) is 0.129. The number of amides is 1. The third-order valence-electron chi connectivity index (χ3n) is 5.43. The highest BCUT2D eigenvalue weighted by Crippen LogP contribution is 2.14. The number of esters is 1. The van der Waals surface area contributed by atoms with Crippen LogP contribution in [0.15, 0.2) is 58.4 Å². The molecule has 9 nitrogen and oxygen atoms in total. The van der Waals surface area contributed by atoms with Crippen LogP contribution in [0.1, 0.15) is 33.2 Å². The Bertz CT molecular complexity index is 1590. The van der Waals surface area contributed by atoms with Crippen molar-refractivity contribution in [2.45, 2.75) is 20.4 Å². The summed E-state index contributed by atoms with van der Waals surface area (Å²) < 4.78 is 27.5. The van der Waals surface area contributed by atoms with Crippen LogP contribution in [0.2, 0.25) is 0 Å². The van der Waals surface area contributed by atoms with Gasteiger partial charge in [-0.1, -0.05) is 18.2 Å². The van der Waals surface area contributed by atoms with E-state index in [4.69, 9.17) is 9.47 Å². The van der Waals surface area contributed by atoms with E-state index in [0.29, 0.717) is 5.65 Å². The van der Waals surface area contributed by atoms with E-state index >= 15 is 0 Å². The highest BCUT2D eigenvalue weighted by molar-refractivity contribution is 5.97. The van der Waals surface area contributed by atoms with E-state index < -0.39 is 23.3 Å². The maximum absolute atomic E-state index is 14.3. The third kappa shape index (κ3) is 4.47. The zero-order chi connectivity index (χ0) is 25.1. The maximum atomic E-state index is 14.3. The summed E-state index contributed by atoms with van der Waals surface area (Å²) in [5.41, 5.74) is 0.472. The van der Waals surface area contributed by atoms with Crippen LogP contribution in [0.4, 0.5) is 4.39 Å². The number of fused-ring (bicyclic) bond motifs is 2. The van der Waals surface area contributed by atoms with E-state index in [1.165, 1.54) is 40.3 Å². The van der Waals surface area contributed by atoms with Gasteiger partial charge in [0, 0.05) is 19.9 Å². The summed E-state index contributed by atoms with van der Waals surface area (Å²) in [5.74, 6) is -2.43.